The van der Waals surface area contributed by atoms with Crippen LogP contribution in [0.15, 0.2) is 48.5 Å². The lowest BCUT2D eigenvalue weighted by Crippen LogP contribution is -2.11. The fourth-order valence-corrected chi connectivity index (χ4v) is 2.00. The van der Waals surface area contributed by atoms with Crippen molar-refractivity contribution in [3.05, 3.63) is 59.7 Å². The number of hydrogen-bond donors (Lipinski definition) is 0. The minimum absolute atomic E-state index is 0.231. The maximum atomic E-state index is 12.4. The van der Waals surface area contributed by atoms with E-state index >= 15 is 0 Å². The van der Waals surface area contributed by atoms with Crippen LogP contribution < -0.4 is 9.47 Å². The van der Waals surface area contributed by atoms with Crippen LogP contribution in [-0.2, 0) is 0 Å². The van der Waals surface area contributed by atoms with Gasteiger partial charge >= 0.3 is 0 Å². The highest BCUT2D eigenvalue weighted by atomic mass is 16.5. The molecule has 0 saturated carbocycles. The van der Waals surface area contributed by atoms with Crippen LogP contribution in [0.5, 0.6) is 11.5 Å². The molecule has 0 aliphatic rings. The summed E-state index contributed by atoms with van der Waals surface area (Å²) in [6.45, 7) is 0. The quantitative estimate of drug-likeness (QED) is 0.790. The van der Waals surface area contributed by atoms with Crippen molar-refractivity contribution in [2.24, 2.45) is 0 Å². The van der Waals surface area contributed by atoms with Crippen molar-refractivity contribution in [2.75, 3.05) is 14.2 Å². The van der Waals surface area contributed by atoms with Crippen molar-refractivity contribution >= 4 is 5.78 Å². The summed E-state index contributed by atoms with van der Waals surface area (Å²) < 4.78 is 10.1. The number of nitriles is 1. The molecule has 4 heteroatoms. The minimum Gasteiger partial charge on any atom is -0.497 e. The number of benzene rings is 2. The second-order valence-electron chi connectivity index (χ2n) is 4.43. The fraction of sp³-hybridized carbons (Fsp3) is 0.176. The Bertz CT molecular complexity index is 654. The monoisotopic (exact) mass is 281 g/mol. The lowest BCUT2D eigenvalue weighted by molar-refractivity contribution is 0.0979. The number of nitrogens with zero attached hydrogens (tertiary/aromatic N) is 1. The Balaban J connectivity index is 2.26. The van der Waals surface area contributed by atoms with Crippen molar-refractivity contribution in [3.8, 4) is 17.6 Å². The Morgan fingerprint density at radius 1 is 0.952 bits per heavy atom. The molecule has 4 nitrogen and oxygen atoms in total. The second-order valence-corrected chi connectivity index (χ2v) is 4.43. The van der Waals surface area contributed by atoms with Gasteiger partial charge in [0.25, 0.3) is 0 Å². The number of carbonyl (C=O) groups excluding carboxylic acids is 1. The normalized spacial score (nSPS) is 11.3. The molecule has 0 amide bonds. The van der Waals surface area contributed by atoms with Gasteiger partial charge in [-0.1, -0.05) is 12.1 Å². The van der Waals surface area contributed by atoms with E-state index in [9.17, 15) is 10.1 Å². The van der Waals surface area contributed by atoms with Gasteiger partial charge in [0.1, 0.15) is 17.4 Å². The average molecular weight is 281 g/mol. The van der Waals surface area contributed by atoms with Gasteiger partial charge in [0.05, 0.1) is 20.3 Å². The van der Waals surface area contributed by atoms with Gasteiger partial charge in [-0.3, -0.25) is 4.79 Å². The molecule has 2 aromatic rings. The minimum atomic E-state index is -0.829. The molecule has 0 aliphatic heterocycles. The zero-order chi connectivity index (χ0) is 15.2. The first-order chi connectivity index (χ1) is 10.2. The molecular weight excluding hydrogens is 266 g/mol. The third kappa shape index (κ3) is 3.21. The highest BCUT2D eigenvalue weighted by molar-refractivity contribution is 6.02. The highest BCUT2D eigenvalue weighted by Gasteiger charge is 2.21. The summed E-state index contributed by atoms with van der Waals surface area (Å²) in [5, 5.41) is 9.31. The van der Waals surface area contributed by atoms with Crippen LogP contribution in [0, 0.1) is 11.3 Å². The molecule has 2 rings (SSSR count). The van der Waals surface area contributed by atoms with Crippen LogP contribution in [0.1, 0.15) is 21.8 Å². The molecule has 0 N–H and O–H groups in total. The zero-order valence-electron chi connectivity index (χ0n) is 11.9. The van der Waals surface area contributed by atoms with E-state index in [0.29, 0.717) is 22.6 Å². The Morgan fingerprint density at radius 3 is 1.86 bits per heavy atom. The van der Waals surface area contributed by atoms with Gasteiger partial charge in [0, 0.05) is 5.56 Å². The Labute approximate surface area is 123 Å². The molecule has 2 aromatic carbocycles. The van der Waals surface area contributed by atoms with Crippen molar-refractivity contribution in [1.29, 1.82) is 5.26 Å². The van der Waals surface area contributed by atoms with E-state index in [1.807, 2.05) is 0 Å². The number of ether oxygens (including phenoxy) is 2. The fourth-order valence-electron chi connectivity index (χ4n) is 2.00. The molecule has 0 spiro atoms. The number of ketones is 1. The van der Waals surface area contributed by atoms with Gasteiger partial charge < -0.3 is 9.47 Å². The van der Waals surface area contributed by atoms with Gasteiger partial charge in [-0.15, -0.1) is 0 Å². The summed E-state index contributed by atoms with van der Waals surface area (Å²) in [5.41, 5.74) is 1.14. The molecule has 1 unspecified atom stereocenters. The molecular formula is C17H15NO3. The molecule has 0 radical (unpaired) electrons. The van der Waals surface area contributed by atoms with Gasteiger partial charge in [-0.05, 0) is 42.0 Å². The van der Waals surface area contributed by atoms with Crippen LogP contribution in [0.25, 0.3) is 0 Å². The van der Waals surface area contributed by atoms with E-state index in [4.69, 9.17) is 9.47 Å². The predicted octanol–water partition coefficient (Wildman–Crippen LogP) is 3.19. The molecule has 0 aliphatic carbocycles. The Morgan fingerprint density at radius 2 is 1.43 bits per heavy atom. The Hall–Kier alpha value is -2.80. The van der Waals surface area contributed by atoms with Crippen molar-refractivity contribution < 1.29 is 14.3 Å². The summed E-state index contributed by atoms with van der Waals surface area (Å²) in [7, 11) is 3.13. The summed E-state index contributed by atoms with van der Waals surface area (Å²) >= 11 is 0. The number of rotatable bonds is 5. The van der Waals surface area contributed by atoms with E-state index in [0.717, 1.165) is 0 Å². The first kappa shape index (κ1) is 14.6. The molecule has 0 aromatic heterocycles. The van der Waals surface area contributed by atoms with Crippen LogP contribution in [-0.4, -0.2) is 20.0 Å². The van der Waals surface area contributed by atoms with Crippen LogP contribution in [0.2, 0.25) is 0 Å². The van der Waals surface area contributed by atoms with Crippen LogP contribution in [0.3, 0.4) is 0 Å². The van der Waals surface area contributed by atoms with Gasteiger partial charge in [0.2, 0.25) is 0 Å². The third-order valence-corrected chi connectivity index (χ3v) is 3.21. The summed E-state index contributed by atoms with van der Waals surface area (Å²) in [6.07, 6.45) is 0. The molecule has 21 heavy (non-hydrogen) atoms. The smallest absolute Gasteiger partial charge is 0.184 e. The van der Waals surface area contributed by atoms with E-state index in [1.54, 1.807) is 62.8 Å². The van der Waals surface area contributed by atoms with E-state index in [-0.39, 0.29) is 5.78 Å². The van der Waals surface area contributed by atoms with E-state index < -0.39 is 5.92 Å². The molecule has 1 atom stereocenters. The second kappa shape index (κ2) is 6.58. The largest absolute Gasteiger partial charge is 0.497 e. The lowest BCUT2D eigenvalue weighted by Gasteiger charge is -2.10. The van der Waals surface area contributed by atoms with Gasteiger partial charge in [0.15, 0.2) is 5.78 Å². The molecule has 0 bridgehead atoms. The van der Waals surface area contributed by atoms with Crippen molar-refractivity contribution in [1.82, 2.24) is 0 Å². The maximum Gasteiger partial charge on any atom is 0.184 e. The SMILES string of the molecule is COc1ccc(C(=O)C(C#N)c2ccc(OC)cc2)cc1. The number of methoxy groups -OCH3 is 2. The first-order valence-corrected chi connectivity index (χ1v) is 6.41. The van der Waals surface area contributed by atoms with Gasteiger partial charge in [-0.25, -0.2) is 0 Å². The van der Waals surface area contributed by atoms with E-state index in [1.165, 1.54) is 0 Å². The highest BCUT2D eigenvalue weighted by Crippen LogP contribution is 2.24. The number of hydrogen-bond acceptors (Lipinski definition) is 4. The standard InChI is InChI=1S/C17H15NO3/c1-20-14-7-3-12(4-8-14)16(11-18)17(19)13-5-9-15(21-2)10-6-13/h3-10,16H,1-2H3. The number of carbonyl (C=O) groups is 1. The van der Waals surface area contributed by atoms with Crippen LogP contribution >= 0.6 is 0 Å². The maximum absolute atomic E-state index is 12.4. The lowest BCUT2D eigenvalue weighted by atomic mass is 9.92. The van der Waals surface area contributed by atoms with Crippen LogP contribution in [0.4, 0.5) is 0 Å². The molecule has 0 saturated heterocycles. The molecule has 0 fully saturated rings. The summed E-state index contributed by atoms with van der Waals surface area (Å²) in [4.78, 5) is 12.4. The molecule has 0 heterocycles. The van der Waals surface area contributed by atoms with E-state index in [2.05, 4.69) is 6.07 Å². The number of Topliss-reactive ketones (excluding diaryl/α,β-unsaturated/α-hetero) is 1. The van der Waals surface area contributed by atoms with Crippen molar-refractivity contribution in [3.63, 3.8) is 0 Å². The topological polar surface area (TPSA) is 59.3 Å². The Kier molecular flexibility index (Phi) is 4.57. The zero-order valence-corrected chi connectivity index (χ0v) is 11.9. The first-order valence-electron chi connectivity index (χ1n) is 6.41. The summed E-state index contributed by atoms with van der Waals surface area (Å²) in [6, 6.07) is 15.7. The molecule has 106 valence electrons. The predicted molar refractivity (Wildman–Crippen MR) is 78.7 cm³/mol. The van der Waals surface area contributed by atoms with Crippen molar-refractivity contribution in [2.45, 2.75) is 5.92 Å². The average Bonchev–Trinajstić information content (AvgIpc) is 2.56. The third-order valence-electron chi connectivity index (χ3n) is 3.21. The summed E-state index contributed by atoms with van der Waals surface area (Å²) in [5.74, 6) is 0.298. The van der Waals surface area contributed by atoms with Gasteiger partial charge in [-0.2, -0.15) is 5.26 Å².